The zero-order valence-electron chi connectivity index (χ0n) is 14.2. The Morgan fingerprint density at radius 2 is 1.32 bits per heavy atom. The van der Waals surface area contributed by atoms with E-state index in [2.05, 4.69) is 71.3 Å². The Morgan fingerprint density at radius 1 is 1.00 bits per heavy atom. The van der Waals surface area contributed by atoms with E-state index in [0.29, 0.717) is 5.54 Å². The van der Waals surface area contributed by atoms with Crippen molar-refractivity contribution in [2.45, 2.75) is 52.6 Å². The van der Waals surface area contributed by atoms with E-state index in [4.69, 9.17) is 0 Å². The average Bonchev–Trinajstić information content (AvgIpc) is 2.14. The Balaban J connectivity index is 0.000000399. The van der Waals surface area contributed by atoms with Crippen LogP contribution in [0.3, 0.4) is 0 Å². The summed E-state index contributed by atoms with van der Waals surface area (Å²) in [4.78, 5) is 4.56. The maximum absolute atomic E-state index is 11.5. The Morgan fingerprint density at radius 3 is 1.53 bits per heavy atom. The van der Waals surface area contributed by atoms with Gasteiger partial charge in [0.1, 0.15) is 0 Å². The fourth-order valence-corrected chi connectivity index (χ4v) is 2.75. The Hall–Kier alpha value is -0.0600. The van der Waals surface area contributed by atoms with Gasteiger partial charge in [0.25, 0.3) is 0 Å². The van der Waals surface area contributed by atoms with Crippen molar-refractivity contribution in [3.63, 3.8) is 0 Å². The molecule has 1 rings (SSSR count). The summed E-state index contributed by atoms with van der Waals surface area (Å²) in [6.07, 6.45) is 0. The topological polar surface area (TPSA) is 23.6 Å². The van der Waals surface area contributed by atoms with Gasteiger partial charge < -0.3 is 4.90 Å². The molecule has 0 bridgehead atoms. The Bertz CT molecular complexity index is 345. The molecule has 3 nitrogen and oxygen atoms in total. The highest BCUT2D eigenvalue weighted by molar-refractivity contribution is 8.00. The van der Waals surface area contributed by atoms with Crippen molar-refractivity contribution < 1.29 is 4.21 Å². The van der Waals surface area contributed by atoms with Gasteiger partial charge in [-0.3, -0.25) is 9.11 Å². The third-order valence-electron chi connectivity index (χ3n) is 3.76. The predicted molar refractivity (Wildman–Crippen MR) is 89.8 cm³/mol. The van der Waals surface area contributed by atoms with Crippen LogP contribution in [-0.4, -0.2) is 69.6 Å². The lowest BCUT2D eigenvalue weighted by atomic mass is 10.1. The second-order valence-electron chi connectivity index (χ2n) is 7.60. The highest BCUT2D eigenvalue weighted by atomic mass is 32.2. The molecule has 1 saturated heterocycles. The van der Waals surface area contributed by atoms with Gasteiger partial charge in [-0.05, 0) is 71.0 Å². The normalized spacial score (nSPS) is 20.9. The van der Waals surface area contributed by atoms with Crippen molar-refractivity contribution in [2.24, 2.45) is 0 Å². The summed E-state index contributed by atoms with van der Waals surface area (Å²) in [7, 11) is 2.45. The standard InChI is InChI=1S/C9H19NOS.C6H15N/c1-9(2,3)10-5-7-12(4,11)8-6-10;1-6(2,3)7(4)5/h4-8H2,1-3H3;1-5H3. The van der Waals surface area contributed by atoms with Gasteiger partial charge in [0.05, 0.1) is 0 Å². The minimum atomic E-state index is -1.72. The van der Waals surface area contributed by atoms with Crippen molar-refractivity contribution in [2.75, 3.05) is 38.7 Å². The van der Waals surface area contributed by atoms with Gasteiger partial charge in [-0.1, -0.05) is 0 Å². The van der Waals surface area contributed by atoms with Gasteiger partial charge in [0.2, 0.25) is 0 Å². The lowest BCUT2D eigenvalue weighted by Crippen LogP contribution is -2.49. The summed E-state index contributed by atoms with van der Waals surface area (Å²) in [5.74, 6) is 5.28. The second-order valence-corrected chi connectivity index (χ2v) is 10.3. The van der Waals surface area contributed by atoms with E-state index in [1.165, 1.54) is 0 Å². The van der Waals surface area contributed by atoms with Crippen molar-refractivity contribution in [3.05, 3.63) is 0 Å². The first kappa shape index (κ1) is 18.9. The second kappa shape index (κ2) is 6.59. The molecule has 1 aliphatic heterocycles. The van der Waals surface area contributed by atoms with Crippen molar-refractivity contribution in [3.8, 4) is 0 Å². The van der Waals surface area contributed by atoms with Crippen LogP contribution in [0, 0.1) is 0 Å². The zero-order valence-corrected chi connectivity index (χ0v) is 15.1. The molecule has 1 fully saturated rings. The quantitative estimate of drug-likeness (QED) is 0.639. The Kier molecular flexibility index (Phi) is 6.57. The molecule has 0 radical (unpaired) electrons. The zero-order chi connectivity index (χ0) is 15.5. The van der Waals surface area contributed by atoms with Crippen LogP contribution in [0.25, 0.3) is 0 Å². The third-order valence-corrected chi connectivity index (χ3v) is 5.61. The number of hydrogen-bond donors (Lipinski definition) is 0. The van der Waals surface area contributed by atoms with E-state index in [9.17, 15) is 4.21 Å². The van der Waals surface area contributed by atoms with Crippen LogP contribution in [0.5, 0.6) is 0 Å². The summed E-state index contributed by atoms with van der Waals surface area (Å²) in [6, 6.07) is 0. The van der Waals surface area contributed by atoms with Gasteiger partial charge in [-0.2, -0.15) is 0 Å². The fourth-order valence-electron chi connectivity index (χ4n) is 1.44. The summed E-state index contributed by atoms with van der Waals surface area (Å²) in [6.45, 7) is 15.0. The molecule has 0 spiro atoms. The molecule has 0 saturated carbocycles. The molecule has 4 heteroatoms. The van der Waals surface area contributed by atoms with Gasteiger partial charge >= 0.3 is 0 Å². The van der Waals surface area contributed by atoms with Crippen LogP contribution < -0.4 is 0 Å². The average molecular weight is 291 g/mol. The molecule has 1 aliphatic rings. The summed E-state index contributed by atoms with van der Waals surface area (Å²) in [5, 5.41) is 0. The minimum Gasteiger partial charge on any atom is -0.305 e. The molecule has 19 heavy (non-hydrogen) atoms. The van der Waals surface area contributed by atoms with E-state index < -0.39 is 9.52 Å². The van der Waals surface area contributed by atoms with Crippen molar-refractivity contribution >= 4 is 15.4 Å². The predicted octanol–water partition coefficient (Wildman–Crippen LogP) is 2.16. The number of rotatable bonds is 0. The third kappa shape index (κ3) is 7.95. The van der Waals surface area contributed by atoms with E-state index in [-0.39, 0.29) is 5.54 Å². The van der Waals surface area contributed by atoms with E-state index in [0.717, 1.165) is 24.6 Å². The van der Waals surface area contributed by atoms with Gasteiger partial charge in [0.15, 0.2) is 0 Å². The van der Waals surface area contributed by atoms with E-state index in [1.807, 2.05) is 0 Å². The van der Waals surface area contributed by atoms with Gasteiger partial charge in [0, 0.05) is 35.7 Å². The van der Waals surface area contributed by atoms with Crippen LogP contribution in [-0.2, 0) is 9.52 Å². The highest BCUT2D eigenvalue weighted by Gasteiger charge is 2.25. The molecule has 0 aromatic carbocycles. The minimum absolute atomic E-state index is 0.218. The molecule has 1 heterocycles. The molecule has 0 aliphatic carbocycles. The Labute approximate surface area is 121 Å². The monoisotopic (exact) mass is 290 g/mol. The maximum atomic E-state index is 11.5. The molecule has 0 N–H and O–H groups in total. The van der Waals surface area contributed by atoms with Gasteiger partial charge in [-0.25, -0.2) is 0 Å². The number of hydrogen-bond acceptors (Lipinski definition) is 3. The van der Waals surface area contributed by atoms with E-state index in [1.54, 1.807) is 0 Å². The maximum Gasteiger partial charge on any atom is 0.0287 e. The van der Waals surface area contributed by atoms with Crippen LogP contribution in [0.4, 0.5) is 0 Å². The molecule has 0 atom stereocenters. The van der Waals surface area contributed by atoms with Crippen LogP contribution in [0.15, 0.2) is 0 Å². The first-order chi connectivity index (χ1) is 8.26. The molecule has 0 unspecified atom stereocenters. The largest absolute Gasteiger partial charge is 0.305 e. The summed E-state index contributed by atoms with van der Waals surface area (Å²) >= 11 is 0. The van der Waals surface area contributed by atoms with Gasteiger partial charge in [-0.15, -0.1) is 0 Å². The fraction of sp³-hybridized carbons (Fsp3) is 0.933. The van der Waals surface area contributed by atoms with Crippen LogP contribution >= 0.6 is 0 Å². The first-order valence-electron chi connectivity index (χ1n) is 7.01. The molecule has 0 amide bonds. The highest BCUT2D eigenvalue weighted by Crippen LogP contribution is 2.16. The molecular weight excluding hydrogens is 256 g/mol. The molecule has 0 aromatic heterocycles. The molecule has 116 valence electrons. The summed E-state index contributed by atoms with van der Waals surface area (Å²) in [5.41, 5.74) is 0.552. The molecule has 0 aromatic rings. The lowest BCUT2D eigenvalue weighted by Gasteiger charge is -2.39. The molecular formula is C15H34N2OS. The smallest absolute Gasteiger partial charge is 0.0287 e. The van der Waals surface area contributed by atoms with Crippen LogP contribution in [0.2, 0.25) is 0 Å². The van der Waals surface area contributed by atoms with Crippen molar-refractivity contribution in [1.29, 1.82) is 0 Å². The van der Waals surface area contributed by atoms with Crippen LogP contribution in [0.1, 0.15) is 41.5 Å². The summed E-state index contributed by atoms with van der Waals surface area (Å²) < 4.78 is 11.5. The number of nitrogens with zero attached hydrogens (tertiary/aromatic N) is 2. The lowest BCUT2D eigenvalue weighted by molar-refractivity contribution is 0.151. The SMILES string of the molecule is C=S1(=O)CCN(C(C)(C)C)CC1.CN(C)C(C)(C)C. The van der Waals surface area contributed by atoms with E-state index >= 15 is 0 Å². The first-order valence-corrected chi connectivity index (χ1v) is 9.07. The van der Waals surface area contributed by atoms with Crippen molar-refractivity contribution in [1.82, 2.24) is 9.80 Å².